The lowest BCUT2D eigenvalue weighted by atomic mass is 10.2. The van der Waals surface area contributed by atoms with Crippen LogP contribution in [0.4, 0.5) is 13.2 Å². The van der Waals surface area contributed by atoms with Crippen LogP contribution in [0.3, 0.4) is 0 Å². The second-order valence-corrected chi connectivity index (χ2v) is 4.70. The minimum atomic E-state index is -4.52. The van der Waals surface area contributed by atoms with Crippen LogP contribution in [-0.4, -0.2) is 66.5 Å². The van der Waals surface area contributed by atoms with Crippen LogP contribution in [0.1, 0.15) is 19.8 Å². The highest BCUT2D eigenvalue weighted by atomic mass is 19.4. The van der Waals surface area contributed by atoms with Crippen LogP contribution in [0.2, 0.25) is 0 Å². The van der Waals surface area contributed by atoms with E-state index in [-0.39, 0.29) is 6.54 Å². The lowest BCUT2D eigenvalue weighted by Gasteiger charge is -2.29. The van der Waals surface area contributed by atoms with Crippen LogP contribution in [0.25, 0.3) is 0 Å². The number of aliphatic hydroxyl groups excluding tert-OH is 1. The number of alkyl halides is 3. The van der Waals surface area contributed by atoms with Gasteiger partial charge in [0.25, 0.3) is 0 Å². The third-order valence-electron chi connectivity index (χ3n) is 3.29. The van der Waals surface area contributed by atoms with Crippen molar-refractivity contribution in [2.75, 3.05) is 33.2 Å². The van der Waals surface area contributed by atoms with Gasteiger partial charge in [-0.25, -0.2) is 0 Å². The first-order valence-electron chi connectivity index (χ1n) is 6.02. The summed E-state index contributed by atoms with van der Waals surface area (Å²) in [6.45, 7) is 4.25. The molecule has 0 bridgehead atoms. The van der Waals surface area contributed by atoms with Crippen molar-refractivity contribution in [3.8, 4) is 0 Å². The fraction of sp³-hybridized carbons (Fsp3) is 1.00. The van der Waals surface area contributed by atoms with Crippen molar-refractivity contribution >= 4 is 0 Å². The number of likely N-dealkylation sites (N-methyl/N-ethyl adjacent to an activating group) is 2. The molecule has 1 aliphatic rings. The molecule has 2 atom stereocenters. The average Bonchev–Trinajstić information content (AvgIpc) is 2.63. The summed E-state index contributed by atoms with van der Waals surface area (Å²) >= 11 is 0. The number of halogens is 3. The molecule has 0 aromatic carbocycles. The fourth-order valence-electron chi connectivity index (χ4n) is 2.35. The zero-order chi connectivity index (χ0) is 13.1. The Morgan fingerprint density at radius 3 is 2.65 bits per heavy atom. The number of nitrogens with zero attached hydrogens (tertiary/aromatic N) is 2. The van der Waals surface area contributed by atoms with E-state index >= 15 is 0 Å². The monoisotopic (exact) mass is 254 g/mol. The van der Waals surface area contributed by atoms with Crippen molar-refractivity contribution in [2.24, 2.45) is 0 Å². The molecule has 0 radical (unpaired) electrons. The number of hydrogen-bond donors (Lipinski definition) is 1. The van der Waals surface area contributed by atoms with Gasteiger partial charge < -0.3 is 10.0 Å². The highest BCUT2D eigenvalue weighted by molar-refractivity contribution is 4.81. The van der Waals surface area contributed by atoms with Crippen molar-refractivity contribution in [1.29, 1.82) is 0 Å². The van der Waals surface area contributed by atoms with Crippen molar-refractivity contribution in [1.82, 2.24) is 9.80 Å². The van der Waals surface area contributed by atoms with Crippen LogP contribution in [-0.2, 0) is 0 Å². The summed E-state index contributed by atoms with van der Waals surface area (Å²) in [6.07, 6.45) is -4.63. The molecule has 1 rings (SSSR count). The zero-order valence-electron chi connectivity index (χ0n) is 10.4. The van der Waals surface area contributed by atoms with Gasteiger partial charge in [-0.2, -0.15) is 13.2 Å². The van der Waals surface area contributed by atoms with Crippen molar-refractivity contribution in [3.63, 3.8) is 0 Å². The standard InChI is InChI=1S/C11H21F3N2O/c1-3-16-6-4-5-9(16)7-15(2)8-10(17)11(12,13)14/h9-10,17H,3-8H2,1-2H3. The van der Waals surface area contributed by atoms with Gasteiger partial charge in [0.15, 0.2) is 6.10 Å². The summed E-state index contributed by atoms with van der Waals surface area (Å²) in [5, 5.41) is 8.97. The molecule has 0 saturated carbocycles. The van der Waals surface area contributed by atoms with Gasteiger partial charge in [-0.05, 0) is 33.0 Å². The minimum absolute atomic E-state index is 0.324. The highest BCUT2D eigenvalue weighted by Gasteiger charge is 2.39. The van der Waals surface area contributed by atoms with Crippen LogP contribution < -0.4 is 0 Å². The average molecular weight is 254 g/mol. The van der Waals surface area contributed by atoms with E-state index in [2.05, 4.69) is 11.8 Å². The van der Waals surface area contributed by atoms with Crippen molar-refractivity contribution < 1.29 is 18.3 Å². The first-order chi connectivity index (χ1) is 7.84. The van der Waals surface area contributed by atoms with Gasteiger partial charge in [0.05, 0.1) is 0 Å². The molecule has 0 aromatic heterocycles. The Bertz CT molecular complexity index is 235. The van der Waals surface area contributed by atoms with E-state index < -0.39 is 12.3 Å². The summed E-state index contributed by atoms with van der Waals surface area (Å²) in [7, 11) is 1.63. The molecule has 1 fully saturated rings. The summed E-state index contributed by atoms with van der Waals surface area (Å²) in [5.74, 6) is 0. The Morgan fingerprint density at radius 2 is 2.12 bits per heavy atom. The van der Waals surface area contributed by atoms with Gasteiger partial charge in [0.2, 0.25) is 0 Å². The van der Waals surface area contributed by atoms with Gasteiger partial charge in [0.1, 0.15) is 0 Å². The maximum atomic E-state index is 12.2. The summed E-state index contributed by atoms with van der Waals surface area (Å²) < 4.78 is 36.5. The summed E-state index contributed by atoms with van der Waals surface area (Å²) in [4.78, 5) is 3.84. The van der Waals surface area contributed by atoms with Gasteiger partial charge in [-0.1, -0.05) is 6.92 Å². The van der Waals surface area contributed by atoms with E-state index in [1.165, 1.54) is 0 Å². The van der Waals surface area contributed by atoms with E-state index in [0.717, 1.165) is 25.9 Å². The Hall–Kier alpha value is -0.330. The van der Waals surface area contributed by atoms with Gasteiger partial charge in [-0.3, -0.25) is 4.90 Å². The van der Waals surface area contributed by atoms with Crippen molar-refractivity contribution in [3.05, 3.63) is 0 Å². The first kappa shape index (κ1) is 14.7. The second-order valence-electron chi connectivity index (χ2n) is 4.70. The SMILES string of the molecule is CCN1CCCC1CN(C)CC(O)C(F)(F)F. The second kappa shape index (κ2) is 6.02. The Balaban J connectivity index is 2.36. The fourth-order valence-corrected chi connectivity index (χ4v) is 2.35. The molecular weight excluding hydrogens is 233 g/mol. The third kappa shape index (κ3) is 4.44. The van der Waals surface area contributed by atoms with E-state index in [4.69, 9.17) is 5.11 Å². The molecule has 1 N–H and O–H groups in total. The normalized spacial score (nSPS) is 24.5. The highest BCUT2D eigenvalue weighted by Crippen LogP contribution is 2.22. The Morgan fingerprint density at radius 1 is 1.47 bits per heavy atom. The number of likely N-dealkylation sites (tertiary alicyclic amines) is 1. The van der Waals surface area contributed by atoms with E-state index in [1.807, 2.05) is 0 Å². The molecule has 17 heavy (non-hydrogen) atoms. The Kier molecular flexibility index (Phi) is 5.22. The lowest BCUT2D eigenvalue weighted by Crippen LogP contribution is -2.44. The quantitative estimate of drug-likeness (QED) is 0.801. The zero-order valence-corrected chi connectivity index (χ0v) is 10.4. The van der Waals surface area contributed by atoms with Gasteiger partial charge in [0, 0.05) is 19.1 Å². The van der Waals surface area contributed by atoms with Gasteiger partial charge >= 0.3 is 6.18 Å². The molecule has 1 aliphatic heterocycles. The molecule has 0 amide bonds. The minimum Gasteiger partial charge on any atom is -0.382 e. The van der Waals surface area contributed by atoms with Crippen LogP contribution in [0, 0.1) is 0 Å². The topological polar surface area (TPSA) is 26.7 Å². The van der Waals surface area contributed by atoms with E-state index in [0.29, 0.717) is 12.6 Å². The maximum absolute atomic E-state index is 12.2. The summed E-state index contributed by atoms with van der Waals surface area (Å²) in [5.41, 5.74) is 0. The van der Waals surface area contributed by atoms with Crippen LogP contribution in [0.15, 0.2) is 0 Å². The van der Waals surface area contributed by atoms with E-state index in [9.17, 15) is 13.2 Å². The molecule has 2 unspecified atom stereocenters. The Labute approximate surface area is 100 Å². The summed E-state index contributed by atoms with van der Waals surface area (Å²) in [6, 6.07) is 0.324. The van der Waals surface area contributed by atoms with E-state index in [1.54, 1.807) is 11.9 Å². The number of rotatable bonds is 5. The largest absolute Gasteiger partial charge is 0.415 e. The van der Waals surface area contributed by atoms with Crippen molar-refractivity contribution in [2.45, 2.75) is 38.1 Å². The number of aliphatic hydroxyl groups is 1. The third-order valence-corrected chi connectivity index (χ3v) is 3.29. The molecule has 0 aromatic rings. The van der Waals surface area contributed by atoms with Gasteiger partial charge in [-0.15, -0.1) is 0 Å². The lowest BCUT2D eigenvalue weighted by molar-refractivity contribution is -0.207. The molecule has 0 spiro atoms. The molecular formula is C11H21F3N2O. The van der Waals surface area contributed by atoms with Crippen LogP contribution in [0.5, 0.6) is 0 Å². The molecule has 6 heteroatoms. The maximum Gasteiger partial charge on any atom is 0.415 e. The molecule has 3 nitrogen and oxygen atoms in total. The smallest absolute Gasteiger partial charge is 0.382 e. The molecule has 0 aliphatic carbocycles. The molecule has 1 heterocycles. The molecule has 1 saturated heterocycles. The number of hydrogen-bond acceptors (Lipinski definition) is 3. The first-order valence-corrected chi connectivity index (χ1v) is 6.02. The molecule has 102 valence electrons. The van der Waals surface area contributed by atoms with Crippen LogP contribution >= 0.6 is 0 Å². The predicted octanol–water partition coefficient (Wildman–Crippen LogP) is 1.33. The predicted molar refractivity (Wildman–Crippen MR) is 59.8 cm³/mol.